The Hall–Kier alpha value is -0.950. The van der Waals surface area contributed by atoms with Gasteiger partial charge in [-0.25, -0.2) is 0 Å². The molecule has 0 amide bonds. The van der Waals surface area contributed by atoms with Gasteiger partial charge < -0.3 is 4.74 Å². The van der Waals surface area contributed by atoms with Crippen LogP contribution in [0.4, 0.5) is 0 Å². The predicted molar refractivity (Wildman–Crippen MR) is 75.8 cm³/mol. The molecular formula is C15H21ClO. The van der Waals surface area contributed by atoms with Crippen LogP contribution in [0.5, 0.6) is 5.75 Å². The van der Waals surface area contributed by atoms with Crippen LogP contribution >= 0.6 is 11.6 Å². The first-order valence-electron chi connectivity index (χ1n) is 6.32. The minimum Gasteiger partial charge on any atom is -0.494 e. The molecule has 0 aliphatic heterocycles. The van der Waals surface area contributed by atoms with Gasteiger partial charge in [0.2, 0.25) is 0 Å². The Balaban J connectivity index is 2.28. The smallest absolute Gasteiger partial charge is 0.119 e. The summed E-state index contributed by atoms with van der Waals surface area (Å²) in [6.07, 6.45) is 8.90. The summed E-state index contributed by atoms with van der Waals surface area (Å²) >= 11 is 5.58. The predicted octanol–water partition coefficient (Wildman–Crippen LogP) is 4.90. The Morgan fingerprint density at radius 3 is 2.53 bits per heavy atom. The molecule has 1 rings (SSSR count). The van der Waals surface area contributed by atoms with Gasteiger partial charge in [-0.05, 0) is 24.1 Å². The molecule has 0 saturated heterocycles. The Kier molecular flexibility index (Phi) is 7.57. The topological polar surface area (TPSA) is 9.23 Å². The number of halogens is 1. The molecule has 0 N–H and O–H groups in total. The lowest BCUT2D eigenvalue weighted by Gasteiger charge is -2.05. The van der Waals surface area contributed by atoms with Gasteiger partial charge in [0.05, 0.1) is 6.61 Å². The molecule has 2 heteroatoms. The molecule has 0 atom stereocenters. The van der Waals surface area contributed by atoms with Gasteiger partial charge in [0, 0.05) is 5.88 Å². The zero-order valence-corrected chi connectivity index (χ0v) is 11.2. The first-order valence-corrected chi connectivity index (χ1v) is 6.85. The number of ether oxygens (including phenoxy) is 1. The van der Waals surface area contributed by atoms with Crippen LogP contribution in [0.15, 0.2) is 30.3 Å². The molecule has 1 aromatic rings. The van der Waals surface area contributed by atoms with Gasteiger partial charge in [-0.1, -0.05) is 50.5 Å². The largest absolute Gasteiger partial charge is 0.494 e. The molecule has 0 radical (unpaired) electrons. The Bertz CT molecular complexity index is 316. The van der Waals surface area contributed by atoms with Crippen molar-refractivity contribution in [2.75, 3.05) is 12.5 Å². The molecule has 0 saturated carbocycles. The Morgan fingerprint density at radius 2 is 1.88 bits per heavy atom. The highest BCUT2D eigenvalue weighted by molar-refractivity contribution is 6.19. The summed E-state index contributed by atoms with van der Waals surface area (Å²) in [6, 6.07) is 8.11. The molecule has 0 aliphatic rings. The second-order valence-corrected chi connectivity index (χ2v) is 4.34. The summed E-state index contributed by atoms with van der Waals surface area (Å²) in [5.41, 5.74) is 1.16. The highest BCUT2D eigenvalue weighted by Crippen LogP contribution is 2.14. The molecule has 0 aromatic heterocycles. The molecule has 0 heterocycles. The summed E-state index contributed by atoms with van der Waals surface area (Å²) in [4.78, 5) is 0. The maximum Gasteiger partial charge on any atom is 0.119 e. The molecule has 94 valence electrons. The number of hydrogen-bond donors (Lipinski definition) is 0. The van der Waals surface area contributed by atoms with E-state index < -0.39 is 0 Å². The fourth-order valence-electron chi connectivity index (χ4n) is 1.57. The maximum atomic E-state index is 5.66. The summed E-state index contributed by atoms with van der Waals surface area (Å²) in [7, 11) is 0. The zero-order valence-electron chi connectivity index (χ0n) is 10.5. The third-order valence-electron chi connectivity index (χ3n) is 2.55. The third kappa shape index (κ3) is 6.38. The molecule has 0 fully saturated rings. The molecule has 0 bridgehead atoms. The van der Waals surface area contributed by atoms with Crippen molar-refractivity contribution in [3.63, 3.8) is 0 Å². The van der Waals surface area contributed by atoms with Gasteiger partial charge in [0.25, 0.3) is 0 Å². The number of allylic oxidation sites excluding steroid dienone is 1. The monoisotopic (exact) mass is 252 g/mol. The average Bonchev–Trinajstić information content (AvgIpc) is 2.37. The molecule has 0 spiro atoms. The highest BCUT2D eigenvalue weighted by atomic mass is 35.5. The van der Waals surface area contributed by atoms with E-state index >= 15 is 0 Å². The van der Waals surface area contributed by atoms with Gasteiger partial charge in [-0.2, -0.15) is 0 Å². The van der Waals surface area contributed by atoms with Crippen molar-refractivity contribution in [2.45, 2.75) is 32.6 Å². The van der Waals surface area contributed by atoms with E-state index in [1.54, 1.807) is 0 Å². The first-order chi connectivity index (χ1) is 8.36. The molecule has 0 unspecified atom stereocenters. The number of hydrogen-bond acceptors (Lipinski definition) is 1. The van der Waals surface area contributed by atoms with Crippen molar-refractivity contribution in [3.05, 3.63) is 35.9 Å². The van der Waals surface area contributed by atoms with E-state index in [0.29, 0.717) is 5.88 Å². The van der Waals surface area contributed by atoms with Crippen LogP contribution in [0.25, 0.3) is 6.08 Å². The van der Waals surface area contributed by atoms with Crippen molar-refractivity contribution < 1.29 is 4.74 Å². The van der Waals surface area contributed by atoms with Crippen molar-refractivity contribution >= 4 is 17.7 Å². The van der Waals surface area contributed by atoms with Gasteiger partial charge in [0.15, 0.2) is 0 Å². The van der Waals surface area contributed by atoms with Gasteiger partial charge in [-0.15, -0.1) is 11.6 Å². The van der Waals surface area contributed by atoms with Gasteiger partial charge in [-0.3, -0.25) is 0 Å². The van der Waals surface area contributed by atoms with E-state index in [1.165, 1.54) is 19.3 Å². The summed E-state index contributed by atoms with van der Waals surface area (Å²) in [5, 5.41) is 0. The van der Waals surface area contributed by atoms with E-state index in [4.69, 9.17) is 16.3 Å². The van der Waals surface area contributed by atoms with Crippen LogP contribution in [-0.2, 0) is 0 Å². The van der Waals surface area contributed by atoms with Crippen LogP contribution in [0.1, 0.15) is 38.2 Å². The second-order valence-electron chi connectivity index (χ2n) is 4.03. The van der Waals surface area contributed by atoms with E-state index in [9.17, 15) is 0 Å². The van der Waals surface area contributed by atoms with Crippen molar-refractivity contribution in [2.24, 2.45) is 0 Å². The molecule has 17 heavy (non-hydrogen) atoms. The molecule has 0 aliphatic carbocycles. The van der Waals surface area contributed by atoms with E-state index in [2.05, 4.69) is 6.92 Å². The first kappa shape index (κ1) is 14.1. The van der Waals surface area contributed by atoms with E-state index in [-0.39, 0.29) is 0 Å². The van der Waals surface area contributed by atoms with Gasteiger partial charge in [0.1, 0.15) is 5.75 Å². The normalized spacial score (nSPS) is 10.9. The summed E-state index contributed by atoms with van der Waals surface area (Å²) in [6.45, 7) is 3.03. The standard InChI is InChI=1S/C15H21ClO/c1-2-3-4-5-13-17-15-10-8-14(9-11-15)7-6-12-16/h6-11H,2-5,12-13H2,1H3. The minimum atomic E-state index is 0.551. The molecule has 1 aromatic carbocycles. The number of alkyl halides is 1. The van der Waals surface area contributed by atoms with E-state index in [0.717, 1.165) is 24.3 Å². The van der Waals surface area contributed by atoms with Crippen molar-refractivity contribution in [1.82, 2.24) is 0 Å². The van der Waals surface area contributed by atoms with Gasteiger partial charge >= 0.3 is 0 Å². The summed E-state index contributed by atoms with van der Waals surface area (Å²) in [5.74, 6) is 1.50. The Morgan fingerprint density at radius 1 is 1.12 bits per heavy atom. The van der Waals surface area contributed by atoms with Crippen molar-refractivity contribution in [1.29, 1.82) is 0 Å². The SMILES string of the molecule is CCCCCCOc1ccc(C=CCCl)cc1. The zero-order chi connectivity index (χ0) is 12.3. The fourth-order valence-corrected chi connectivity index (χ4v) is 1.66. The molecule has 1 nitrogen and oxygen atoms in total. The van der Waals surface area contributed by atoms with Crippen LogP contribution in [-0.4, -0.2) is 12.5 Å². The number of rotatable bonds is 8. The number of unbranched alkanes of at least 4 members (excludes halogenated alkanes) is 3. The fraction of sp³-hybridized carbons (Fsp3) is 0.467. The van der Waals surface area contributed by atoms with Crippen LogP contribution in [0, 0.1) is 0 Å². The van der Waals surface area contributed by atoms with Crippen LogP contribution < -0.4 is 4.74 Å². The summed E-state index contributed by atoms with van der Waals surface area (Å²) < 4.78 is 5.66. The van der Waals surface area contributed by atoms with Crippen molar-refractivity contribution in [3.8, 4) is 5.75 Å². The number of benzene rings is 1. The lowest BCUT2D eigenvalue weighted by molar-refractivity contribution is 0.305. The third-order valence-corrected chi connectivity index (χ3v) is 2.72. The molecular weight excluding hydrogens is 232 g/mol. The van der Waals surface area contributed by atoms with E-state index in [1.807, 2.05) is 36.4 Å². The van der Waals surface area contributed by atoms with Crippen LogP contribution in [0.3, 0.4) is 0 Å². The highest BCUT2D eigenvalue weighted by Gasteiger charge is 1.93. The lowest BCUT2D eigenvalue weighted by Crippen LogP contribution is -1.96. The lowest BCUT2D eigenvalue weighted by atomic mass is 10.2. The minimum absolute atomic E-state index is 0.551. The Labute approximate surface area is 109 Å². The average molecular weight is 253 g/mol. The second kappa shape index (κ2) is 9.12. The maximum absolute atomic E-state index is 5.66. The van der Waals surface area contributed by atoms with Crippen LogP contribution in [0.2, 0.25) is 0 Å². The quantitative estimate of drug-likeness (QED) is 0.472.